The molecule has 27 heavy (non-hydrogen) atoms. The van der Waals surface area contributed by atoms with Gasteiger partial charge in [-0.15, -0.1) is 10.2 Å². The number of hydrogen-bond acceptors (Lipinski definition) is 7. The summed E-state index contributed by atoms with van der Waals surface area (Å²) >= 11 is 1.27. The van der Waals surface area contributed by atoms with Crippen LogP contribution in [-0.4, -0.2) is 24.7 Å². The molecule has 0 N–H and O–H groups in total. The highest BCUT2D eigenvalue weighted by molar-refractivity contribution is 7.20. The molecule has 0 radical (unpaired) electrons. The predicted octanol–water partition coefficient (Wildman–Crippen LogP) is 3.38. The van der Waals surface area contributed by atoms with Gasteiger partial charge in [-0.05, 0) is 6.07 Å². The van der Waals surface area contributed by atoms with Crippen molar-refractivity contribution in [3.63, 3.8) is 0 Å². The van der Waals surface area contributed by atoms with Gasteiger partial charge >= 0.3 is 0 Å². The summed E-state index contributed by atoms with van der Waals surface area (Å²) in [6.07, 6.45) is 0. The van der Waals surface area contributed by atoms with E-state index in [0.29, 0.717) is 26.5 Å². The van der Waals surface area contributed by atoms with Crippen LogP contribution in [0.4, 0.5) is 5.69 Å². The molecule has 130 valence electrons. The molecule has 1 aromatic heterocycles. The zero-order valence-corrected chi connectivity index (χ0v) is 14.4. The van der Waals surface area contributed by atoms with Crippen LogP contribution >= 0.6 is 11.3 Å². The van der Waals surface area contributed by atoms with Crippen molar-refractivity contribution < 1.29 is 4.92 Å². The molecule has 2 heterocycles. The van der Waals surface area contributed by atoms with Gasteiger partial charge in [0.2, 0.25) is 4.96 Å². The van der Waals surface area contributed by atoms with Crippen LogP contribution in [0.5, 0.6) is 0 Å². The highest BCUT2D eigenvalue weighted by atomic mass is 32.1. The summed E-state index contributed by atoms with van der Waals surface area (Å²) in [5.74, 6) is 0.283. The third-order valence-electron chi connectivity index (χ3n) is 4.30. The zero-order chi connectivity index (χ0) is 18.5. The van der Waals surface area contributed by atoms with E-state index in [1.807, 2.05) is 12.1 Å². The average Bonchev–Trinajstić information content (AvgIpc) is 3.09. The first-order valence-electron chi connectivity index (χ1n) is 7.95. The maximum Gasteiger partial charge on any atom is 0.280 e. The van der Waals surface area contributed by atoms with Crippen LogP contribution in [0.25, 0.3) is 37.7 Å². The largest absolute Gasteiger partial charge is 0.289 e. The third-order valence-corrected chi connectivity index (χ3v) is 5.27. The zero-order valence-electron chi connectivity index (χ0n) is 13.6. The van der Waals surface area contributed by atoms with Crippen LogP contribution in [0.3, 0.4) is 0 Å². The lowest BCUT2D eigenvalue weighted by molar-refractivity contribution is -0.384. The molecule has 0 bridgehead atoms. The lowest BCUT2D eigenvalue weighted by Crippen LogP contribution is -2.05. The second-order valence-electron chi connectivity index (χ2n) is 5.86. The fraction of sp³-hybridized carbons (Fsp3) is 0. The van der Waals surface area contributed by atoms with Crippen molar-refractivity contribution in [1.29, 1.82) is 0 Å². The van der Waals surface area contributed by atoms with Crippen LogP contribution in [0.15, 0.2) is 59.4 Å². The van der Waals surface area contributed by atoms with E-state index < -0.39 is 4.92 Å². The van der Waals surface area contributed by atoms with E-state index in [9.17, 15) is 14.9 Å². The minimum Gasteiger partial charge on any atom is -0.289 e. The number of fused-ring (bicyclic) bond motifs is 4. The molecule has 0 spiro atoms. The Morgan fingerprint density at radius 3 is 2.56 bits per heavy atom. The molecule has 0 saturated heterocycles. The van der Waals surface area contributed by atoms with Crippen molar-refractivity contribution in [3.05, 3.63) is 74.9 Å². The first-order valence-corrected chi connectivity index (χ1v) is 8.77. The number of nitrogens with zero attached hydrogens (tertiary/aromatic N) is 5. The first kappa shape index (κ1) is 15.5. The highest BCUT2D eigenvalue weighted by Gasteiger charge is 2.22. The fourth-order valence-corrected chi connectivity index (χ4v) is 4.00. The standard InChI is InChI=1S/C18H9N5O3S/c24-14-9-15-16(11-6-2-1-5-10(11)14)21-22-17(19-20-18(22)27-15)12-7-3-4-8-13(12)23(25)26/h1-9H. The quantitative estimate of drug-likeness (QED) is 0.266. The number of rotatable bonds is 2. The maximum absolute atomic E-state index is 12.3. The molecule has 8 nitrogen and oxygen atoms in total. The molecule has 0 atom stereocenters. The lowest BCUT2D eigenvalue weighted by Gasteiger charge is -2.08. The van der Waals surface area contributed by atoms with Crippen molar-refractivity contribution >= 4 is 32.8 Å². The Balaban J connectivity index is 1.89. The van der Waals surface area contributed by atoms with E-state index in [1.54, 1.807) is 30.3 Å². The van der Waals surface area contributed by atoms with Gasteiger partial charge in [-0.25, -0.2) is 0 Å². The van der Waals surface area contributed by atoms with Crippen LogP contribution in [0, 0.1) is 10.1 Å². The monoisotopic (exact) mass is 375 g/mol. The van der Waals surface area contributed by atoms with Crippen LogP contribution in [-0.2, 0) is 0 Å². The van der Waals surface area contributed by atoms with Gasteiger partial charge in [-0.2, -0.15) is 9.61 Å². The van der Waals surface area contributed by atoms with Gasteiger partial charge in [-0.1, -0.05) is 47.7 Å². The summed E-state index contributed by atoms with van der Waals surface area (Å²) in [5.41, 5.74) is 0.804. The van der Waals surface area contributed by atoms with E-state index in [4.69, 9.17) is 0 Å². The summed E-state index contributed by atoms with van der Waals surface area (Å²) in [4.78, 5) is 24.4. The maximum atomic E-state index is 12.3. The van der Waals surface area contributed by atoms with Gasteiger partial charge in [-0.3, -0.25) is 14.9 Å². The number of nitro benzene ring substituents is 1. The Bertz CT molecular complexity index is 1390. The third kappa shape index (κ3) is 2.29. The van der Waals surface area contributed by atoms with E-state index in [0.717, 1.165) is 5.39 Å². The Labute approximate surface area is 154 Å². The van der Waals surface area contributed by atoms with Crippen molar-refractivity contribution in [2.75, 3.05) is 0 Å². The summed E-state index contributed by atoms with van der Waals surface area (Å²) in [7, 11) is 0. The molecule has 0 unspecified atom stereocenters. The van der Waals surface area contributed by atoms with Gasteiger partial charge in [0, 0.05) is 22.9 Å². The van der Waals surface area contributed by atoms with Gasteiger partial charge < -0.3 is 0 Å². The Morgan fingerprint density at radius 2 is 1.74 bits per heavy atom. The van der Waals surface area contributed by atoms with Crippen molar-refractivity contribution in [2.24, 2.45) is 0 Å². The fourth-order valence-electron chi connectivity index (χ4n) is 3.09. The summed E-state index contributed by atoms with van der Waals surface area (Å²) in [6, 6.07) is 15.1. The van der Waals surface area contributed by atoms with E-state index in [2.05, 4.69) is 15.3 Å². The average molecular weight is 375 g/mol. The van der Waals surface area contributed by atoms with Gasteiger partial charge in [0.05, 0.1) is 15.4 Å². The lowest BCUT2D eigenvalue weighted by atomic mass is 10.1. The van der Waals surface area contributed by atoms with Crippen molar-refractivity contribution in [2.45, 2.75) is 0 Å². The topological polar surface area (TPSA) is 103 Å². The summed E-state index contributed by atoms with van der Waals surface area (Å²) in [5, 5.41) is 25.5. The molecule has 0 fully saturated rings. The molecular weight excluding hydrogens is 366 g/mol. The molecule has 1 aliphatic heterocycles. The number of aromatic nitrogens is 4. The SMILES string of the molecule is O=c1cc2sc3nnc(-c4ccccc4[N+](=O)[O-])n3nc-2c2ccccc12. The molecule has 2 aromatic carbocycles. The number of para-hydroxylation sites is 1. The van der Waals surface area contributed by atoms with Crippen LogP contribution < -0.4 is 5.43 Å². The van der Waals surface area contributed by atoms with Crippen LogP contribution in [0.2, 0.25) is 0 Å². The predicted molar refractivity (Wildman–Crippen MR) is 101 cm³/mol. The normalized spacial score (nSPS) is 11.4. The Kier molecular flexibility index (Phi) is 3.25. The minimum absolute atomic E-state index is 0.0709. The van der Waals surface area contributed by atoms with Gasteiger partial charge in [0.25, 0.3) is 5.69 Å². The molecule has 2 aliphatic rings. The highest BCUT2D eigenvalue weighted by Crippen LogP contribution is 2.34. The van der Waals surface area contributed by atoms with Gasteiger partial charge in [0.15, 0.2) is 11.3 Å². The van der Waals surface area contributed by atoms with Crippen molar-refractivity contribution in [1.82, 2.24) is 19.8 Å². The Hall–Kier alpha value is -3.72. The number of nitro groups is 1. The van der Waals surface area contributed by atoms with Crippen molar-refractivity contribution in [3.8, 4) is 22.0 Å². The van der Waals surface area contributed by atoms with Gasteiger partial charge in [0.1, 0.15) is 5.69 Å². The van der Waals surface area contributed by atoms with Crippen LogP contribution in [0.1, 0.15) is 0 Å². The molecule has 1 aliphatic carbocycles. The smallest absolute Gasteiger partial charge is 0.280 e. The second-order valence-corrected chi connectivity index (χ2v) is 6.87. The molecular formula is C18H9N5O3S. The van der Waals surface area contributed by atoms with E-state index >= 15 is 0 Å². The first-order chi connectivity index (χ1) is 13.1. The number of benzene rings is 3. The molecule has 5 rings (SSSR count). The molecule has 3 aromatic rings. The molecule has 0 amide bonds. The summed E-state index contributed by atoms with van der Waals surface area (Å²) in [6.45, 7) is 0. The molecule has 9 heteroatoms. The minimum atomic E-state index is -0.458. The molecule has 0 saturated carbocycles. The van der Waals surface area contributed by atoms with E-state index in [-0.39, 0.29) is 16.9 Å². The Morgan fingerprint density at radius 1 is 1.00 bits per heavy atom. The summed E-state index contributed by atoms with van der Waals surface area (Å²) < 4.78 is 1.49. The number of hydrogen-bond donors (Lipinski definition) is 0. The van der Waals surface area contributed by atoms with E-state index in [1.165, 1.54) is 28.0 Å². The second kappa shape index (κ2) is 5.64.